The second kappa shape index (κ2) is 10.7. The lowest BCUT2D eigenvalue weighted by Gasteiger charge is -2.02. The van der Waals surface area contributed by atoms with E-state index < -0.39 is 0 Å². The predicted octanol–water partition coefficient (Wildman–Crippen LogP) is 5.10. The Morgan fingerprint density at radius 1 is 1.12 bits per heavy atom. The molecule has 0 amide bonds. The Balaban J connectivity index is 0.00000106. The summed E-state index contributed by atoms with van der Waals surface area (Å²) in [5, 5.41) is 0. The van der Waals surface area contributed by atoms with Crippen LogP contribution in [0.2, 0.25) is 0 Å². The summed E-state index contributed by atoms with van der Waals surface area (Å²) in [6.07, 6.45) is 9.44. The second-order valence-corrected chi connectivity index (χ2v) is 3.82. The van der Waals surface area contributed by atoms with Crippen LogP contribution in [-0.4, -0.2) is 0 Å². The van der Waals surface area contributed by atoms with Gasteiger partial charge in [-0.05, 0) is 24.5 Å². The molecule has 0 aliphatic carbocycles. The molecule has 0 radical (unpaired) electrons. The fourth-order valence-electron chi connectivity index (χ4n) is 1.27. The second-order valence-electron chi connectivity index (χ2n) is 3.06. The topological polar surface area (TPSA) is 0 Å². The van der Waals surface area contributed by atoms with Gasteiger partial charge >= 0.3 is 0 Å². The summed E-state index contributed by atoms with van der Waals surface area (Å²) in [7, 11) is 0. The summed E-state index contributed by atoms with van der Waals surface area (Å²) >= 11 is 2.41. The molecule has 0 fully saturated rings. The van der Waals surface area contributed by atoms with Crippen molar-refractivity contribution in [2.45, 2.75) is 17.8 Å². The van der Waals surface area contributed by atoms with Gasteiger partial charge in [-0.25, -0.2) is 0 Å². The van der Waals surface area contributed by atoms with Crippen LogP contribution in [0.5, 0.6) is 0 Å². The highest BCUT2D eigenvalue weighted by atomic mass is 127. The van der Waals surface area contributed by atoms with Crippen LogP contribution >= 0.6 is 22.6 Å². The molecule has 0 saturated heterocycles. The van der Waals surface area contributed by atoms with E-state index in [1.165, 1.54) is 11.1 Å². The molecule has 1 rings (SSSR count). The summed E-state index contributed by atoms with van der Waals surface area (Å²) < 4.78 is 1.09. The van der Waals surface area contributed by atoms with Gasteiger partial charge < -0.3 is 0 Å². The average molecular weight is 326 g/mol. The number of allylic oxidation sites excluding steroid dienone is 4. The molecule has 0 nitrogen and oxygen atoms in total. The van der Waals surface area contributed by atoms with Gasteiger partial charge in [0.2, 0.25) is 0 Å². The van der Waals surface area contributed by atoms with Crippen molar-refractivity contribution in [1.82, 2.24) is 0 Å². The van der Waals surface area contributed by atoms with E-state index in [4.69, 9.17) is 0 Å². The Labute approximate surface area is 113 Å². The van der Waals surface area contributed by atoms with Crippen LogP contribution in [0.15, 0.2) is 61.7 Å². The molecular formula is C15H19I. The lowest BCUT2D eigenvalue weighted by atomic mass is 10.1. The van der Waals surface area contributed by atoms with Crippen LogP contribution in [0.25, 0.3) is 0 Å². The van der Waals surface area contributed by atoms with Crippen molar-refractivity contribution in [3.63, 3.8) is 0 Å². The number of halogens is 1. The van der Waals surface area contributed by atoms with Crippen molar-refractivity contribution >= 4 is 22.6 Å². The van der Waals surface area contributed by atoms with Crippen LogP contribution in [-0.2, 0) is 10.8 Å². The molecule has 0 bridgehead atoms. The maximum atomic E-state index is 3.00. The molecule has 0 aliphatic heterocycles. The summed E-state index contributed by atoms with van der Waals surface area (Å²) in [5.41, 5.74) is 2.88. The third-order valence-electron chi connectivity index (χ3n) is 2.04. The summed E-state index contributed by atoms with van der Waals surface area (Å²) in [4.78, 5) is 0. The van der Waals surface area contributed by atoms with Crippen molar-refractivity contribution in [2.75, 3.05) is 0 Å². The van der Waals surface area contributed by atoms with E-state index in [0.29, 0.717) is 0 Å². The molecule has 0 aromatic heterocycles. The molecule has 0 saturated carbocycles. The zero-order valence-electron chi connectivity index (χ0n) is 9.83. The predicted molar refractivity (Wildman–Crippen MR) is 83.1 cm³/mol. The Morgan fingerprint density at radius 2 is 1.75 bits per heavy atom. The first-order valence-electron chi connectivity index (χ1n) is 5.29. The first-order chi connectivity index (χ1) is 7.88. The van der Waals surface area contributed by atoms with Gasteiger partial charge in [-0.2, -0.15) is 0 Å². The summed E-state index contributed by atoms with van der Waals surface area (Å²) in [5.74, 6) is 0. The van der Waals surface area contributed by atoms with Crippen molar-refractivity contribution in [2.24, 2.45) is 0 Å². The van der Waals surface area contributed by atoms with Crippen LogP contribution in [0, 0.1) is 0 Å². The number of hydrogen-bond acceptors (Lipinski definition) is 0. The van der Waals surface area contributed by atoms with Gasteiger partial charge in [-0.3, -0.25) is 0 Å². The van der Waals surface area contributed by atoms with Gasteiger partial charge in [0, 0.05) is 4.43 Å². The molecule has 1 aromatic rings. The highest BCUT2D eigenvalue weighted by Crippen LogP contribution is 2.13. The molecule has 0 atom stereocenters. The molecule has 16 heavy (non-hydrogen) atoms. The Morgan fingerprint density at radius 3 is 2.31 bits per heavy atom. The fourth-order valence-corrected chi connectivity index (χ4v) is 2.02. The van der Waals surface area contributed by atoms with Crippen LogP contribution in [0.3, 0.4) is 0 Å². The summed E-state index contributed by atoms with van der Waals surface area (Å²) in [6.45, 7) is 8.03. The van der Waals surface area contributed by atoms with Crippen LogP contribution in [0.4, 0.5) is 0 Å². The molecule has 0 N–H and O–H groups in total. The van der Waals surface area contributed by atoms with Crippen molar-refractivity contribution in [3.8, 4) is 0 Å². The minimum atomic E-state index is 1.03. The van der Waals surface area contributed by atoms with E-state index in [1.54, 1.807) is 0 Å². The highest BCUT2D eigenvalue weighted by molar-refractivity contribution is 14.1. The molecule has 0 heterocycles. The van der Waals surface area contributed by atoms with Crippen molar-refractivity contribution in [3.05, 3.63) is 72.9 Å². The van der Waals surface area contributed by atoms with Crippen LogP contribution < -0.4 is 0 Å². The average Bonchev–Trinajstić information content (AvgIpc) is 2.37. The Kier molecular flexibility index (Phi) is 10.1. The Hall–Kier alpha value is -0.830. The van der Waals surface area contributed by atoms with E-state index in [9.17, 15) is 0 Å². The Bertz CT molecular complexity index is 337. The number of hydrogen-bond donors (Lipinski definition) is 0. The minimum Gasteiger partial charge on any atom is -0.106 e. The maximum absolute atomic E-state index is 3.00. The van der Waals surface area contributed by atoms with E-state index >= 15 is 0 Å². The monoisotopic (exact) mass is 326 g/mol. The molecule has 1 heteroatoms. The lowest BCUT2D eigenvalue weighted by molar-refractivity contribution is 1.21. The zero-order valence-corrected chi connectivity index (χ0v) is 12.0. The fraction of sp³-hybridized carbons (Fsp3) is 0.200. The molecule has 0 spiro atoms. The normalized spacial score (nSPS) is 10.4. The lowest BCUT2D eigenvalue weighted by Crippen LogP contribution is -1.88. The summed E-state index contributed by atoms with van der Waals surface area (Å²) in [6, 6.07) is 8.61. The van der Waals surface area contributed by atoms with Crippen molar-refractivity contribution < 1.29 is 0 Å². The standard InChI is InChI=1S/C13H15I.C2H4/c1-2-3-4-5-8-12-9-6-7-10-13(12)11-14;1-2/h2-7,9-10H,8,11H2,1H3;1-2H2/b3-2-,5-4-;. The molecule has 0 unspecified atom stereocenters. The first-order valence-corrected chi connectivity index (χ1v) is 6.81. The van der Waals surface area contributed by atoms with Gasteiger partial charge in [0.1, 0.15) is 0 Å². The number of benzene rings is 1. The van der Waals surface area contributed by atoms with E-state index in [-0.39, 0.29) is 0 Å². The molecule has 86 valence electrons. The number of alkyl halides is 1. The quantitative estimate of drug-likeness (QED) is 0.313. The number of rotatable bonds is 4. The third-order valence-corrected chi connectivity index (χ3v) is 2.86. The largest absolute Gasteiger partial charge is 0.106 e. The van der Waals surface area contributed by atoms with Gasteiger partial charge in [0.25, 0.3) is 0 Å². The molecular weight excluding hydrogens is 307 g/mol. The van der Waals surface area contributed by atoms with E-state index in [1.807, 2.05) is 13.0 Å². The first kappa shape index (κ1) is 15.2. The van der Waals surface area contributed by atoms with E-state index in [2.05, 4.69) is 78.2 Å². The van der Waals surface area contributed by atoms with Gasteiger partial charge in [0.15, 0.2) is 0 Å². The third kappa shape index (κ3) is 5.91. The van der Waals surface area contributed by atoms with Crippen LogP contribution in [0.1, 0.15) is 18.1 Å². The van der Waals surface area contributed by atoms with Gasteiger partial charge in [0.05, 0.1) is 0 Å². The van der Waals surface area contributed by atoms with E-state index in [0.717, 1.165) is 10.8 Å². The smallest absolute Gasteiger partial charge is 0.0249 e. The molecule has 0 aliphatic rings. The molecule has 1 aromatic carbocycles. The van der Waals surface area contributed by atoms with Crippen molar-refractivity contribution in [1.29, 1.82) is 0 Å². The van der Waals surface area contributed by atoms with Gasteiger partial charge in [-0.1, -0.05) is 71.2 Å². The SMILES string of the molecule is C/C=C\C=C/Cc1ccccc1CI.C=C. The maximum Gasteiger partial charge on any atom is 0.0249 e. The highest BCUT2D eigenvalue weighted by Gasteiger charge is 1.96. The zero-order chi connectivity index (χ0) is 12.2. The minimum absolute atomic E-state index is 1.03. The van der Waals surface area contributed by atoms with Gasteiger partial charge in [-0.15, -0.1) is 13.2 Å².